The van der Waals surface area contributed by atoms with Gasteiger partial charge in [0, 0.05) is 12.5 Å². The molecule has 82 valence electrons. The zero-order valence-electron chi connectivity index (χ0n) is 8.35. The lowest BCUT2D eigenvalue weighted by Gasteiger charge is -2.25. The lowest BCUT2D eigenvalue weighted by atomic mass is 10.0. The molecule has 0 aliphatic carbocycles. The molecule has 0 bridgehead atoms. The van der Waals surface area contributed by atoms with E-state index in [1.54, 1.807) is 0 Å². The molecule has 2 heterocycles. The summed E-state index contributed by atoms with van der Waals surface area (Å²) in [7, 11) is 0. The molecule has 0 saturated carbocycles. The van der Waals surface area contributed by atoms with Crippen LogP contribution in [0.4, 0.5) is 0 Å². The summed E-state index contributed by atoms with van der Waals surface area (Å²) in [5, 5.41) is 8.78. The molecule has 0 radical (unpaired) electrons. The molecule has 2 atom stereocenters. The van der Waals surface area contributed by atoms with Gasteiger partial charge in [-0.05, 0) is 30.8 Å². The van der Waals surface area contributed by atoms with Gasteiger partial charge in [0.15, 0.2) is 6.29 Å². The number of hydrogen-bond donors (Lipinski definition) is 1. The van der Waals surface area contributed by atoms with Gasteiger partial charge in [0.2, 0.25) is 0 Å². The van der Waals surface area contributed by atoms with Crippen molar-refractivity contribution < 1.29 is 14.6 Å². The molecule has 3 nitrogen and oxygen atoms in total. The summed E-state index contributed by atoms with van der Waals surface area (Å²) in [6.07, 6.45) is 3.26. The Hall–Kier alpha value is 0.230. The zero-order chi connectivity index (χ0) is 9.80. The topological polar surface area (TPSA) is 38.7 Å². The third kappa shape index (κ3) is 2.63. The molecule has 14 heavy (non-hydrogen) atoms. The third-order valence-electron chi connectivity index (χ3n) is 2.87. The van der Waals surface area contributed by atoms with Crippen molar-refractivity contribution in [1.82, 2.24) is 0 Å². The van der Waals surface area contributed by atoms with E-state index in [1.165, 1.54) is 24.3 Å². The molecule has 1 N–H and O–H groups in total. The van der Waals surface area contributed by atoms with E-state index in [0.717, 1.165) is 0 Å². The Kier molecular flexibility index (Phi) is 4.10. The van der Waals surface area contributed by atoms with Crippen LogP contribution in [0.2, 0.25) is 0 Å². The van der Waals surface area contributed by atoms with Crippen molar-refractivity contribution in [2.24, 2.45) is 5.92 Å². The molecule has 0 aromatic rings. The second-order valence-corrected chi connectivity index (χ2v) is 5.15. The smallest absolute Gasteiger partial charge is 0.161 e. The Bertz CT molecular complexity index is 171. The lowest BCUT2D eigenvalue weighted by molar-refractivity contribution is -0.0999. The summed E-state index contributed by atoms with van der Waals surface area (Å²) >= 11 is 2.02. The van der Waals surface area contributed by atoms with Gasteiger partial charge in [-0.3, -0.25) is 0 Å². The van der Waals surface area contributed by atoms with Crippen LogP contribution in [0.3, 0.4) is 0 Å². The highest BCUT2D eigenvalue weighted by Gasteiger charge is 2.32. The molecule has 2 rings (SSSR count). The fraction of sp³-hybridized carbons (Fsp3) is 1.00. The van der Waals surface area contributed by atoms with Crippen LogP contribution in [0.25, 0.3) is 0 Å². The van der Waals surface area contributed by atoms with Crippen LogP contribution in [0.1, 0.15) is 19.3 Å². The van der Waals surface area contributed by atoms with Gasteiger partial charge in [-0.25, -0.2) is 0 Å². The highest BCUT2D eigenvalue weighted by molar-refractivity contribution is 7.99. The maximum atomic E-state index is 8.78. The Morgan fingerprint density at radius 1 is 1.29 bits per heavy atom. The van der Waals surface area contributed by atoms with Crippen molar-refractivity contribution in [1.29, 1.82) is 0 Å². The fourth-order valence-corrected chi connectivity index (χ4v) is 3.14. The Balaban J connectivity index is 1.76. The summed E-state index contributed by atoms with van der Waals surface area (Å²) < 4.78 is 11.4. The first-order valence-electron chi connectivity index (χ1n) is 5.36. The summed E-state index contributed by atoms with van der Waals surface area (Å²) in [4.78, 5) is 0. The SMILES string of the molecule is OCCC1COC(C2CCSCC2)O1. The van der Waals surface area contributed by atoms with Crippen LogP contribution in [0.15, 0.2) is 0 Å². The van der Waals surface area contributed by atoms with Gasteiger partial charge < -0.3 is 14.6 Å². The molecule has 0 spiro atoms. The van der Waals surface area contributed by atoms with Crippen LogP contribution in [-0.4, -0.2) is 42.2 Å². The molecule has 2 aliphatic heterocycles. The maximum absolute atomic E-state index is 8.78. The van der Waals surface area contributed by atoms with Gasteiger partial charge in [-0.2, -0.15) is 11.8 Å². The molecule has 2 fully saturated rings. The number of aliphatic hydroxyl groups is 1. The van der Waals surface area contributed by atoms with E-state index in [0.29, 0.717) is 18.9 Å². The van der Waals surface area contributed by atoms with E-state index in [4.69, 9.17) is 14.6 Å². The van der Waals surface area contributed by atoms with Crippen LogP contribution in [-0.2, 0) is 9.47 Å². The summed E-state index contributed by atoms with van der Waals surface area (Å²) in [5.74, 6) is 3.05. The predicted octanol–water partition coefficient (Wildman–Crippen LogP) is 1.25. The minimum atomic E-state index is 0.00690. The van der Waals surface area contributed by atoms with E-state index in [1.807, 2.05) is 11.8 Å². The first kappa shape index (κ1) is 10.7. The highest BCUT2D eigenvalue weighted by atomic mass is 32.2. The van der Waals surface area contributed by atoms with Gasteiger partial charge in [-0.15, -0.1) is 0 Å². The van der Waals surface area contributed by atoms with Crippen LogP contribution < -0.4 is 0 Å². The summed E-state index contributed by atoms with van der Waals surface area (Å²) in [6.45, 7) is 0.857. The molecule has 2 unspecified atom stereocenters. The van der Waals surface area contributed by atoms with Crippen molar-refractivity contribution in [2.75, 3.05) is 24.7 Å². The fourth-order valence-electron chi connectivity index (χ4n) is 2.00. The number of hydrogen-bond acceptors (Lipinski definition) is 4. The Labute approximate surface area is 89.2 Å². The lowest BCUT2D eigenvalue weighted by Crippen LogP contribution is -2.26. The second kappa shape index (κ2) is 5.35. The second-order valence-electron chi connectivity index (χ2n) is 3.92. The third-order valence-corrected chi connectivity index (χ3v) is 3.92. The van der Waals surface area contributed by atoms with Gasteiger partial charge in [0.25, 0.3) is 0 Å². The Morgan fingerprint density at radius 2 is 2.07 bits per heavy atom. The van der Waals surface area contributed by atoms with E-state index in [9.17, 15) is 0 Å². The van der Waals surface area contributed by atoms with Crippen molar-refractivity contribution in [3.8, 4) is 0 Å². The van der Waals surface area contributed by atoms with E-state index in [-0.39, 0.29) is 19.0 Å². The molecule has 0 amide bonds. The predicted molar refractivity (Wildman–Crippen MR) is 56.4 cm³/mol. The van der Waals surface area contributed by atoms with Crippen LogP contribution >= 0.6 is 11.8 Å². The van der Waals surface area contributed by atoms with Gasteiger partial charge in [0.1, 0.15) is 0 Å². The molecular formula is C10H18O3S. The average Bonchev–Trinajstić information content (AvgIpc) is 2.68. The minimum absolute atomic E-state index is 0.00690. The van der Waals surface area contributed by atoms with Crippen molar-refractivity contribution in [3.63, 3.8) is 0 Å². The van der Waals surface area contributed by atoms with Gasteiger partial charge in [0.05, 0.1) is 12.7 Å². The number of thioether (sulfide) groups is 1. The standard InChI is InChI=1S/C10H18O3S/c11-4-1-9-7-12-10(13-9)8-2-5-14-6-3-8/h8-11H,1-7H2. The van der Waals surface area contributed by atoms with Crippen LogP contribution in [0, 0.1) is 5.92 Å². The van der Waals surface area contributed by atoms with Gasteiger partial charge >= 0.3 is 0 Å². The first-order chi connectivity index (χ1) is 6.90. The maximum Gasteiger partial charge on any atom is 0.161 e. The summed E-state index contributed by atoms with van der Waals surface area (Å²) in [6, 6.07) is 0. The molecule has 2 aliphatic rings. The van der Waals surface area contributed by atoms with Crippen molar-refractivity contribution >= 4 is 11.8 Å². The van der Waals surface area contributed by atoms with E-state index >= 15 is 0 Å². The van der Waals surface area contributed by atoms with E-state index in [2.05, 4.69) is 0 Å². The van der Waals surface area contributed by atoms with Crippen molar-refractivity contribution in [3.05, 3.63) is 0 Å². The molecular weight excluding hydrogens is 200 g/mol. The van der Waals surface area contributed by atoms with Gasteiger partial charge in [-0.1, -0.05) is 0 Å². The summed E-state index contributed by atoms with van der Waals surface area (Å²) in [5.41, 5.74) is 0. The largest absolute Gasteiger partial charge is 0.396 e. The molecule has 0 aromatic heterocycles. The zero-order valence-corrected chi connectivity index (χ0v) is 9.17. The average molecular weight is 218 g/mol. The first-order valence-corrected chi connectivity index (χ1v) is 6.51. The number of rotatable bonds is 3. The minimum Gasteiger partial charge on any atom is -0.396 e. The normalized spacial score (nSPS) is 34.9. The number of aliphatic hydroxyl groups excluding tert-OH is 1. The molecule has 4 heteroatoms. The molecule has 0 aromatic carbocycles. The van der Waals surface area contributed by atoms with Crippen LogP contribution in [0.5, 0.6) is 0 Å². The molecule has 2 saturated heterocycles. The number of ether oxygens (including phenoxy) is 2. The highest BCUT2D eigenvalue weighted by Crippen LogP contribution is 2.31. The Morgan fingerprint density at radius 3 is 2.79 bits per heavy atom. The van der Waals surface area contributed by atoms with E-state index < -0.39 is 0 Å². The van der Waals surface area contributed by atoms with Crippen molar-refractivity contribution in [2.45, 2.75) is 31.7 Å². The monoisotopic (exact) mass is 218 g/mol. The quantitative estimate of drug-likeness (QED) is 0.774.